The molecule has 0 aromatic carbocycles. The molecule has 4 N–H and O–H groups in total. The van der Waals surface area contributed by atoms with Crippen LogP contribution in [-0.2, 0) is 16.6 Å². The Labute approximate surface area is 106 Å². The lowest BCUT2D eigenvalue weighted by Crippen LogP contribution is -2.34. The molecule has 1 rings (SSSR count). The minimum Gasteiger partial charge on any atom is -0.409 e. The fraction of sp³-hybridized carbons (Fsp3) is 0.556. The summed E-state index contributed by atoms with van der Waals surface area (Å²) in [6, 6.07) is 0. The van der Waals surface area contributed by atoms with Crippen LogP contribution in [0.1, 0.15) is 13.8 Å². The van der Waals surface area contributed by atoms with Gasteiger partial charge in [-0.2, -0.15) is 0 Å². The number of imidazole rings is 1. The summed E-state index contributed by atoms with van der Waals surface area (Å²) in [5.41, 5.74) is 5.36. The zero-order valence-corrected chi connectivity index (χ0v) is 11.1. The summed E-state index contributed by atoms with van der Waals surface area (Å²) in [7, 11) is -3.66. The Balaban J connectivity index is 2.71. The van der Waals surface area contributed by atoms with Gasteiger partial charge in [-0.15, -0.1) is 0 Å². The predicted molar refractivity (Wildman–Crippen MR) is 65.7 cm³/mol. The van der Waals surface area contributed by atoms with Crippen molar-refractivity contribution in [2.24, 2.45) is 16.8 Å². The molecule has 18 heavy (non-hydrogen) atoms. The number of aromatic nitrogens is 2. The first-order valence-electron chi connectivity index (χ1n) is 5.39. The van der Waals surface area contributed by atoms with Gasteiger partial charge < -0.3 is 15.5 Å². The van der Waals surface area contributed by atoms with Crippen LogP contribution in [0.3, 0.4) is 0 Å². The first-order valence-corrected chi connectivity index (χ1v) is 6.88. The second kappa shape index (κ2) is 5.83. The normalized spacial score (nSPS) is 14.7. The highest BCUT2D eigenvalue weighted by Crippen LogP contribution is 2.05. The molecule has 0 radical (unpaired) electrons. The van der Waals surface area contributed by atoms with E-state index in [1.165, 1.54) is 12.5 Å². The van der Waals surface area contributed by atoms with E-state index >= 15 is 0 Å². The fourth-order valence-electron chi connectivity index (χ4n) is 1.16. The van der Waals surface area contributed by atoms with Gasteiger partial charge in [0.25, 0.3) is 10.0 Å². The van der Waals surface area contributed by atoms with Crippen LogP contribution in [-0.4, -0.2) is 35.6 Å². The number of nitrogens with zero attached hydrogens (tertiary/aromatic N) is 3. The minimum atomic E-state index is -3.66. The van der Waals surface area contributed by atoms with Crippen molar-refractivity contribution in [2.75, 3.05) is 6.54 Å². The molecule has 0 saturated carbocycles. The number of oxime groups is 1. The quantitative estimate of drug-likeness (QED) is 0.281. The average molecular weight is 275 g/mol. The smallest absolute Gasteiger partial charge is 0.259 e. The maximum Gasteiger partial charge on any atom is 0.259 e. The van der Waals surface area contributed by atoms with Crippen LogP contribution in [0.25, 0.3) is 0 Å². The van der Waals surface area contributed by atoms with E-state index in [2.05, 4.69) is 14.9 Å². The third kappa shape index (κ3) is 3.44. The summed E-state index contributed by atoms with van der Waals surface area (Å²) in [5.74, 6) is -0.435. The molecule has 1 heterocycles. The topological polar surface area (TPSA) is 123 Å². The molecule has 1 aromatic rings. The van der Waals surface area contributed by atoms with Gasteiger partial charge in [-0.25, -0.2) is 18.1 Å². The standard InChI is InChI=1S/C9H17N5O3S/c1-3-14-5-8(11-6-14)18(16,17)12-4-7(2)9(10)13-15/h5-7,12,15H,3-4H2,1-2H3,(H2,10,13). The Morgan fingerprint density at radius 2 is 2.39 bits per heavy atom. The maximum absolute atomic E-state index is 11.8. The lowest BCUT2D eigenvalue weighted by molar-refractivity contribution is 0.314. The van der Waals surface area contributed by atoms with Gasteiger partial charge in [0.15, 0.2) is 5.03 Å². The molecule has 0 amide bonds. The summed E-state index contributed by atoms with van der Waals surface area (Å²) in [6.07, 6.45) is 2.89. The number of rotatable bonds is 6. The van der Waals surface area contributed by atoms with Crippen molar-refractivity contribution < 1.29 is 13.6 Å². The molecule has 0 spiro atoms. The highest BCUT2D eigenvalue weighted by molar-refractivity contribution is 7.89. The van der Waals surface area contributed by atoms with Gasteiger partial charge in [0.05, 0.1) is 6.33 Å². The summed E-state index contributed by atoms with van der Waals surface area (Å²) in [6.45, 7) is 4.20. The van der Waals surface area contributed by atoms with E-state index in [1.807, 2.05) is 6.92 Å². The third-order valence-electron chi connectivity index (χ3n) is 2.45. The lowest BCUT2D eigenvalue weighted by Gasteiger charge is -2.10. The van der Waals surface area contributed by atoms with E-state index in [-0.39, 0.29) is 17.4 Å². The summed E-state index contributed by atoms with van der Waals surface area (Å²) >= 11 is 0. The Kier molecular flexibility index (Phi) is 4.68. The molecule has 1 atom stereocenters. The van der Waals surface area contributed by atoms with E-state index < -0.39 is 15.9 Å². The Morgan fingerprint density at radius 3 is 2.89 bits per heavy atom. The number of amidine groups is 1. The highest BCUT2D eigenvalue weighted by atomic mass is 32.2. The monoisotopic (exact) mass is 275 g/mol. The summed E-state index contributed by atoms with van der Waals surface area (Å²) < 4.78 is 27.7. The number of hydrogen-bond donors (Lipinski definition) is 3. The Bertz CT molecular complexity index is 522. The SMILES string of the molecule is CCn1cnc(S(=O)(=O)NCC(C)C(N)=NO)c1. The van der Waals surface area contributed by atoms with Gasteiger partial charge in [0.2, 0.25) is 0 Å². The molecular weight excluding hydrogens is 258 g/mol. The molecule has 9 heteroatoms. The van der Waals surface area contributed by atoms with Crippen molar-refractivity contribution in [1.29, 1.82) is 0 Å². The second-order valence-electron chi connectivity index (χ2n) is 3.82. The van der Waals surface area contributed by atoms with Crippen LogP contribution in [0.5, 0.6) is 0 Å². The molecule has 0 bridgehead atoms. The van der Waals surface area contributed by atoms with Gasteiger partial charge in [0, 0.05) is 25.2 Å². The first kappa shape index (κ1) is 14.5. The molecule has 1 aromatic heterocycles. The van der Waals surface area contributed by atoms with Crippen molar-refractivity contribution in [3.8, 4) is 0 Å². The van der Waals surface area contributed by atoms with Crippen LogP contribution in [0.4, 0.5) is 0 Å². The molecule has 8 nitrogen and oxygen atoms in total. The highest BCUT2D eigenvalue weighted by Gasteiger charge is 2.19. The maximum atomic E-state index is 11.8. The number of hydrogen-bond acceptors (Lipinski definition) is 5. The number of nitrogens with one attached hydrogen (secondary N) is 1. The molecule has 0 saturated heterocycles. The van der Waals surface area contributed by atoms with Gasteiger partial charge in [-0.3, -0.25) is 0 Å². The van der Waals surface area contributed by atoms with Crippen LogP contribution in [0.2, 0.25) is 0 Å². The van der Waals surface area contributed by atoms with Crippen molar-refractivity contribution in [2.45, 2.75) is 25.4 Å². The van der Waals surface area contributed by atoms with Gasteiger partial charge in [0.1, 0.15) is 5.84 Å². The number of nitrogens with two attached hydrogens (primary N) is 1. The van der Waals surface area contributed by atoms with E-state index in [9.17, 15) is 8.42 Å². The Hall–Kier alpha value is -1.61. The lowest BCUT2D eigenvalue weighted by atomic mass is 10.2. The molecule has 0 aliphatic carbocycles. The molecular formula is C9H17N5O3S. The minimum absolute atomic E-state index is 0.0308. The summed E-state index contributed by atoms with van der Waals surface area (Å²) in [4.78, 5) is 3.80. The second-order valence-corrected chi connectivity index (χ2v) is 5.53. The molecule has 0 aliphatic heterocycles. The van der Waals surface area contributed by atoms with E-state index in [0.29, 0.717) is 6.54 Å². The van der Waals surface area contributed by atoms with Gasteiger partial charge >= 0.3 is 0 Å². The molecule has 0 fully saturated rings. The summed E-state index contributed by atoms with van der Waals surface area (Å²) in [5, 5.41) is 11.2. The van der Waals surface area contributed by atoms with Crippen molar-refractivity contribution in [3.05, 3.63) is 12.5 Å². The Morgan fingerprint density at radius 1 is 1.72 bits per heavy atom. The van der Waals surface area contributed by atoms with Crippen molar-refractivity contribution in [3.63, 3.8) is 0 Å². The van der Waals surface area contributed by atoms with E-state index in [4.69, 9.17) is 10.9 Å². The van der Waals surface area contributed by atoms with E-state index in [0.717, 1.165) is 0 Å². The molecule has 1 unspecified atom stereocenters. The average Bonchev–Trinajstić information content (AvgIpc) is 2.84. The number of aryl methyl sites for hydroxylation is 1. The van der Waals surface area contributed by atoms with Crippen molar-refractivity contribution >= 4 is 15.9 Å². The van der Waals surface area contributed by atoms with Crippen LogP contribution >= 0.6 is 0 Å². The van der Waals surface area contributed by atoms with Gasteiger partial charge in [-0.05, 0) is 6.92 Å². The predicted octanol–water partition coefficient (Wildman–Crippen LogP) is -0.436. The van der Waals surface area contributed by atoms with Crippen LogP contribution in [0, 0.1) is 5.92 Å². The first-order chi connectivity index (χ1) is 8.40. The zero-order valence-electron chi connectivity index (χ0n) is 10.2. The largest absolute Gasteiger partial charge is 0.409 e. The van der Waals surface area contributed by atoms with Crippen LogP contribution < -0.4 is 10.5 Å². The molecule has 0 aliphatic rings. The van der Waals surface area contributed by atoms with Crippen molar-refractivity contribution in [1.82, 2.24) is 14.3 Å². The van der Waals surface area contributed by atoms with Gasteiger partial charge in [-0.1, -0.05) is 12.1 Å². The zero-order chi connectivity index (χ0) is 13.8. The molecule has 102 valence electrons. The van der Waals surface area contributed by atoms with E-state index in [1.54, 1.807) is 11.5 Å². The third-order valence-corrected chi connectivity index (χ3v) is 3.76. The number of sulfonamides is 1. The van der Waals surface area contributed by atoms with Crippen LogP contribution in [0.15, 0.2) is 22.7 Å². The fourth-order valence-corrected chi connectivity index (χ4v) is 2.24.